The molecule has 3 amide bonds. The zero-order valence-corrected chi connectivity index (χ0v) is 19.4. The fourth-order valence-corrected chi connectivity index (χ4v) is 3.97. The third kappa shape index (κ3) is 7.05. The van der Waals surface area contributed by atoms with Gasteiger partial charge in [-0.2, -0.15) is 0 Å². The molecule has 2 heterocycles. The summed E-state index contributed by atoms with van der Waals surface area (Å²) in [7, 11) is 0. The van der Waals surface area contributed by atoms with Gasteiger partial charge in [0.1, 0.15) is 17.3 Å². The summed E-state index contributed by atoms with van der Waals surface area (Å²) in [6.07, 6.45) is 4.21. The van der Waals surface area contributed by atoms with E-state index in [1.165, 1.54) is 16.8 Å². The van der Waals surface area contributed by atoms with Crippen molar-refractivity contribution in [2.45, 2.75) is 70.6 Å². The van der Waals surface area contributed by atoms with Gasteiger partial charge in [-0.25, -0.2) is 4.79 Å². The van der Waals surface area contributed by atoms with Crippen LogP contribution >= 0.6 is 0 Å². The van der Waals surface area contributed by atoms with Crippen LogP contribution in [0.3, 0.4) is 0 Å². The van der Waals surface area contributed by atoms with Gasteiger partial charge in [-0.15, -0.1) is 0 Å². The minimum absolute atomic E-state index is 0.0154. The van der Waals surface area contributed by atoms with Gasteiger partial charge >= 0.3 is 6.09 Å². The van der Waals surface area contributed by atoms with Crippen molar-refractivity contribution in [1.82, 2.24) is 15.2 Å². The Bertz CT molecular complexity index is 934. The molecule has 0 spiro atoms. The minimum atomic E-state index is -0.795. The predicted octanol–water partition coefficient (Wildman–Crippen LogP) is 1.54. The molecule has 1 aromatic rings. The summed E-state index contributed by atoms with van der Waals surface area (Å²) in [6, 6.07) is 1.67. The smallest absolute Gasteiger partial charge is 0.412 e. The molecule has 0 radical (unpaired) electrons. The first-order valence-electron chi connectivity index (χ1n) is 11.5. The number of nitrogens with one attached hydrogen (secondary N) is 3. The van der Waals surface area contributed by atoms with Gasteiger partial charge < -0.3 is 25.0 Å². The number of aromatic nitrogens is 1. The van der Waals surface area contributed by atoms with Gasteiger partial charge in [-0.3, -0.25) is 19.7 Å². The molecule has 3 unspecified atom stereocenters. The molecule has 10 nitrogen and oxygen atoms in total. The molecule has 33 heavy (non-hydrogen) atoms. The van der Waals surface area contributed by atoms with E-state index >= 15 is 0 Å². The SMILES string of the molecule is CC(C)(C)OC(=O)Nc1cccn(C(CC2CC2)C(=O)NC(CO)CC2CCNC2=O)c1=O. The van der Waals surface area contributed by atoms with Crippen molar-refractivity contribution in [1.29, 1.82) is 0 Å². The van der Waals surface area contributed by atoms with Gasteiger partial charge in [-0.1, -0.05) is 12.8 Å². The van der Waals surface area contributed by atoms with Crippen LogP contribution in [0.5, 0.6) is 0 Å². The van der Waals surface area contributed by atoms with Crippen LogP contribution in [0.2, 0.25) is 0 Å². The predicted molar refractivity (Wildman–Crippen MR) is 122 cm³/mol. The van der Waals surface area contributed by atoms with E-state index in [1.807, 2.05) is 0 Å². The van der Waals surface area contributed by atoms with Crippen LogP contribution in [0.25, 0.3) is 0 Å². The number of hydrogen-bond donors (Lipinski definition) is 4. The summed E-state index contributed by atoms with van der Waals surface area (Å²) in [5, 5.41) is 17.8. The van der Waals surface area contributed by atoms with E-state index < -0.39 is 35.2 Å². The highest BCUT2D eigenvalue weighted by Gasteiger charge is 2.34. The Labute approximate surface area is 193 Å². The summed E-state index contributed by atoms with van der Waals surface area (Å²) < 4.78 is 6.54. The van der Waals surface area contributed by atoms with Gasteiger partial charge in [-0.05, 0) is 58.1 Å². The van der Waals surface area contributed by atoms with Crippen molar-refractivity contribution in [3.05, 3.63) is 28.7 Å². The molecule has 1 saturated carbocycles. The fraction of sp³-hybridized carbons (Fsp3) is 0.652. The largest absolute Gasteiger partial charge is 0.444 e. The van der Waals surface area contributed by atoms with E-state index in [0.29, 0.717) is 31.7 Å². The molecule has 0 bridgehead atoms. The second-order valence-electron chi connectivity index (χ2n) is 9.86. The summed E-state index contributed by atoms with van der Waals surface area (Å²) in [4.78, 5) is 50.3. The average molecular weight is 463 g/mol. The maximum atomic E-state index is 13.2. The lowest BCUT2D eigenvalue weighted by molar-refractivity contribution is -0.127. The molecule has 4 N–H and O–H groups in total. The Hall–Kier alpha value is -2.88. The Kier molecular flexibility index (Phi) is 7.78. The monoisotopic (exact) mass is 462 g/mol. The van der Waals surface area contributed by atoms with E-state index in [9.17, 15) is 24.3 Å². The Balaban J connectivity index is 1.76. The van der Waals surface area contributed by atoms with E-state index in [0.717, 1.165) is 12.8 Å². The van der Waals surface area contributed by atoms with Crippen LogP contribution < -0.4 is 21.5 Å². The van der Waals surface area contributed by atoms with Crippen molar-refractivity contribution in [3.63, 3.8) is 0 Å². The lowest BCUT2D eigenvalue weighted by Crippen LogP contribution is -2.45. The molecule has 3 rings (SSSR count). The number of amides is 3. The second-order valence-corrected chi connectivity index (χ2v) is 9.86. The number of nitrogens with zero attached hydrogens (tertiary/aromatic N) is 1. The molecule has 1 aliphatic heterocycles. The highest BCUT2D eigenvalue weighted by Crippen LogP contribution is 2.36. The summed E-state index contributed by atoms with van der Waals surface area (Å²) in [6.45, 7) is 5.45. The maximum Gasteiger partial charge on any atom is 0.412 e. The topological polar surface area (TPSA) is 139 Å². The molecule has 0 aromatic carbocycles. The van der Waals surface area contributed by atoms with E-state index in [1.54, 1.807) is 26.8 Å². The number of aliphatic hydroxyl groups is 1. The van der Waals surface area contributed by atoms with Crippen molar-refractivity contribution in [3.8, 4) is 0 Å². The van der Waals surface area contributed by atoms with Crippen LogP contribution in [0.1, 0.15) is 58.9 Å². The van der Waals surface area contributed by atoms with E-state index in [4.69, 9.17) is 4.74 Å². The first kappa shape index (κ1) is 24.8. The number of anilines is 1. The third-order valence-corrected chi connectivity index (χ3v) is 5.80. The third-order valence-electron chi connectivity index (χ3n) is 5.80. The maximum absolute atomic E-state index is 13.2. The number of hydrogen-bond acceptors (Lipinski definition) is 6. The molecule has 10 heteroatoms. The standard InChI is InChI=1S/C23H34N4O6/c1-23(2,3)33-22(32)26-17-5-4-10-27(21(17)31)18(11-14-6-7-14)20(30)25-16(13-28)12-15-8-9-24-19(15)29/h4-5,10,14-16,18,28H,6-9,11-13H2,1-3H3,(H,24,29)(H,25,30)(H,26,32). The lowest BCUT2D eigenvalue weighted by Gasteiger charge is -2.25. The summed E-state index contributed by atoms with van der Waals surface area (Å²) in [5.74, 6) is -0.387. The molecule has 2 aliphatic rings. The zero-order valence-electron chi connectivity index (χ0n) is 19.4. The summed E-state index contributed by atoms with van der Waals surface area (Å²) >= 11 is 0. The Morgan fingerprint density at radius 2 is 1.97 bits per heavy atom. The molecule has 3 atom stereocenters. The quantitative estimate of drug-likeness (QED) is 0.439. The first-order chi connectivity index (χ1) is 15.6. The van der Waals surface area contributed by atoms with Crippen LogP contribution in [-0.2, 0) is 14.3 Å². The molecular formula is C23H34N4O6. The van der Waals surface area contributed by atoms with Crippen molar-refractivity contribution < 1.29 is 24.2 Å². The summed E-state index contributed by atoms with van der Waals surface area (Å²) in [5.41, 5.74) is -1.22. The highest BCUT2D eigenvalue weighted by atomic mass is 16.6. The van der Waals surface area contributed by atoms with E-state index in [2.05, 4.69) is 16.0 Å². The normalized spacial score (nSPS) is 20.0. The molecule has 2 fully saturated rings. The fourth-order valence-electron chi connectivity index (χ4n) is 3.97. The number of aliphatic hydroxyl groups excluding tert-OH is 1. The van der Waals surface area contributed by atoms with Gasteiger partial charge in [0.05, 0.1) is 12.6 Å². The van der Waals surface area contributed by atoms with Crippen molar-refractivity contribution >= 4 is 23.6 Å². The zero-order chi connectivity index (χ0) is 24.2. The van der Waals surface area contributed by atoms with Gasteiger partial charge in [0, 0.05) is 18.7 Å². The van der Waals surface area contributed by atoms with Crippen LogP contribution in [0.15, 0.2) is 23.1 Å². The molecule has 1 saturated heterocycles. The van der Waals surface area contributed by atoms with Gasteiger partial charge in [0.25, 0.3) is 5.56 Å². The van der Waals surface area contributed by atoms with Gasteiger partial charge in [0.2, 0.25) is 11.8 Å². The molecular weight excluding hydrogens is 428 g/mol. The molecule has 1 aromatic heterocycles. The van der Waals surface area contributed by atoms with Crippen LogP contribution in [0, 0.1) is 11.8 Å². The average Bonchev–Trinajstić information content (AvgIpc) is 3.46. The number of carbonyl (C=O) groups excluding carboxylic acids is 3. The van der Waals surface area contributed by atoms with Crippen LogP contribution in [0.4, 0.5) is 10.5 Å². The first-order valence-corrected chi connectivity index (χ1v) is 11.5. The van der Waals surface area contributed by atoms with E-state index in [-0.39, 0.29) is 24.1 Å². The second kappa shape index (κ2) is 10.4. The van der Waals surface area contributed by atoms with Gasteiger partial charge in [0.15, 0.2) is 0 Å². The minimum Gasteiger partial charge on any atom is -0.444 e. The number of carbonyl (C=O) groups is 3. The number of pyridine rings is 1. The van der Waals surface area contributed by atoms with Crippen LogP contribution in [-0.4, -0.2) is 52.4 Å². The lowest BCUT2D eigenvalue weighted by atomic mass is 9.98. The Morgan fingerprint density at radius 3 is 2.55 bits per heavy atom. The number of rotatable bonds is 9. The Morgan fingerprint density at radius 1 is 1.24 bits per heavy atom. The molecule has 182 valence electrons. The number of ether oxygens (including phenoxy) is 1. The molecule has 1 aliphatic carbocycles. The highest BCUT2D eigenvalue weighted by molar-refractivity contribution is 5.85. The van der Waals surface area contributed by atoms with Crippen molar-refractivity contribution in [2.75, 3.05) is 18.5 Å². The van der Waals surface area contributed by atoms with Crippen molar-refractivity contribution in [2.24, 2.45) is 11.8 Å².